The molecule has 9 nitrogen and oxygen atoms in total. The normalized spacial score (nSPS) is 34.7. The van der Waals surface area contributed by atoms with Crippen LogP contribution < -0.4 is 15.4 Å². The number of nitrogens with one attached hydrogen (secondary N) is 1. The number of primary amides is 1. The molecule has 1 aromatic carbocycles. The molecule has 13 heteroatoms. The number of carbonyl (C=O) groups excluding carboxylic acids is 3. The maximum atomic E-state index is 13.1. The van der Waals surface area contributed by atoms with Crippen LogP contribution in [0.25, 0.3) is 0 Å². The molecule has 5 fully saturated rings. The minimum absolute atomic E-state index is 0.0147. The summed E-state index contributed by atoms with van der Waals surface area (Å²) in [6.45, 7) is -0.340. The van der Waals surface area contributed by atoms with Crippen molar-refractivity contribution in [2.24, 2.45) is 28.9 Å². The standard InChI is InChI=1S/C22H27Cl3N4O5S/c23-14-5-15(24)20(16(25)6-14)29-18(31)1-2-28(35(29,33)34)10-17(30)27-19-12-3-11-4-13(19)9-22(7-11,8-12)21(26)32/h5-6,11-13,19,33-34H,1-4,7-10H2,(H2,26,32)(H,27,30). The molecule has 0 radical (unpaired) electrons. The SMILES string of the molecule is NC(=O)C12CC3CC(C1)C(NC(=O)CN1CCC(=O)N(c4c(Cl)cc(Cl)cc4Cl)S1(O)O)C(C3)C2. The van der Waals surface area contributed by atoms with Gasteiger partial charge in [-0.3, -0.25) is 23.5 Å². The lowest BCUT2D eigenvalue weighted by Gasteiger charge is -2.59. The molecule has 4 aliphatic carbocycles. The summed E-state index contributed by atoms with van der Waals surface area (Å²) in [6.07, 6.45) is 4.03. The Morgan fingerprint density at radius 3 is 2.29 bits per heavy atom. The molecule has 35 heavy (non-hydrogen) atoms. The van der Waals surface area contributed by atoms with Gasteiger partial charge in [0.05, 0.1) is 16.6 Å². The van der Waals surface area contributed by atoms with E-state index in [1.807, 2.05) is 0 Å². The van der Waals surface area contributed by atoms with Crippen molar-refractivity contribution >= 4 is 69.2 Å². The summed E-state index contributed by atoms with van der Waals surface area (Å²) in [5.74, 6) is -0.402. The van der Waals surface area contributed by atoms with E-state index in [1.165, 1.54) is 16.4 Å². The smallest absolute Gasteiger partial charge is 0.247 e. The zero-order valence-corrected chi connectivity index (χ0v) is 21.8. The minimum atomic E-state index is -3.92. The van der Waals surface area contributed by atoms with Gasteiger partial charge in [0.25, 0.3) is 0 Å². The van der Waals surface area contributed by atoms with Crippen LogP contribution in [-0.4, -0.2) is 50.3 Å². The van der Waals surface area contributed by atoms with Crippen molar-refractivity contribution < 1.29 is 23.5 Å². The Hall–Kier alpha value is -1.27. The zero-order valence-electron chi connectivity index (χ0n) is 18.8. The Morgan fingerprint density at radius 2 is 1.71 bits per heavy atom. The third-order valence-corrected chi connectivity index (χ3v) is 10.7. The predicted molar refractivity (Wildman–Crippen MR) is 135 cm³/mol. The lowest BCUT2D eigenvalue weighted by molar-refractivity contribution is -0.147. The highest BCUT2D eigenvalue weighted by molar-refractivity contribution is 8.24. The first-order valence-electron chi connectivity index (χ1n) is 11.5. The topological polar surface area (TPSA) is 136 Å². The maximum absolute atomic E-state index is 13.1. The first kappa shape index (κ1) is 25.4. The number of nitrogens with two attached hydrogens (primary N) is 1. The highest BCUT2D eigenvalue weighted by atomic mass is 35.5. The van der Waals surface area contributed by atoms with Crippen LogP contribution >= 0.6 is 45.8 Å². The monoisotopic (exact) mass is 564 g/mol. The van der Waals surface area contributed by atoms with E-state index in [4.69, 9.17) is 40.5 Å². The quantitative estimate of drug-likeness (QED) is 0.425. The van der Waals surface area contributed by atoms with E-state index in [0.717, 1.165) is 23.6 Å². The lowest BCUT2D eigenvalue weighted by atomic mass is 9.47. The Morgan fingerprint density at radius 1 is 1.11 bits per heavy atom. The van der Waals surface area contributed by atoms with Gasteiger partial charge in [0, 0.05) is 29.4 Å². The van der Waals surface area contributed by atoms with Gasteiger partial charge in [0.15, 0.2) is 0 Å². The number of halogens is 3. The average Bonchev–Trinajstić information content (AvgIpc) is 2.74. The summed E-state index contributed by atoms with van der Waals surface area (Å²) >= 11 is 18.4. The predicted octanol–water partition coefficient (Wildman–Crippen LogP) is 4.06. The molecule has 1 aromatic rings. The fraction of sp³-hybridized carbons (Fsp3) is 0.591. The second-order valence-electron chi connectivity index (χ2n) is 10.2. The summed E-state index contributed by atoms with van der Waals surface area (Å²) in [4.78, 5) is 38.0. The number of anilines is 1. The van der Waals surface area contributed by atoms with Crippen molar-refractivity contribution in [1.29, 1.82) is 0 Å². The highest BCUT2D eigenvalue weighted by Crippen LogP contribution is 2.60. The second-order valence-corrected chi connectivity index (χ2v) is 13.3. The van der Waals surface area contributed by atoms with E-state index in [1.54, 1.807) is 0 Å². The lowest BCUT2D eigenvalue weighted by Crippen LogP contribution is -2.62. The van der Waals surface area contributed by atoms with Crippen LogP contribution in [0.2, 0.25) is 15.1 Å². The average molecular weight is 566 g/mol. The summed E-state index contributed by atoms with van der Waals surface area (Å²) in [6, 6.07) is 2.62. The molecule has 4 bridgehead atoms. The molecule has 192 valence electrons. The molecule has 6 rings (SSSR count). The fourth-order valence-electron chi connectivity index (χ4n) is 6.79. The number of amides is 3. The van der Waals surface area contributed by atoms with E-state index in [9.17, 15) is 23.5 Å². The van der Waals surface area contributed by atoms with Crippen LogP contribution in [0, 0.1) is 23.2 Å². The van der Waals surface area contributed by atoms with Gasteiger partial charge >= 0.3 is 0 Å². The first-order chi connectivity index (χ1) is 16.4. The molecular formula is C22H27Cl3N4O5S. The van der Waals surface area contributed by atoms with Gasteiger partial charge in [-0.1, -0.05) is 34.8 Å². The number of carbonyl (C=O) groups is 3. The highest BCUT2D eigenvalue weighted by Gasteiger charge is 2.58. The zero-order chi connectivity index (χ0) is 25.3. The van der Waals surface area contributed by atoms with Crippen LogP contribution in [0.3, 0.4) is 0 Å². The Kier molecular flexibility index (Phi) is 6.48. The van der Waals surface area contributed by atoms with Gasteiger partial charge in [-0.2, -0.15) is 8.61 Å². The van der Waals surface area contributed by atoms with Crippen molar-refractivity contribution in [2.75, 3.05) is 17.4 Å². The maximum Gasteiger partial charge on any atom is 0.247 e. The molecule has 5 N–H and O–H groups in total. The van der Waals surface area contributed by atoms with Gasteiger partial charge in [0.2, 0.25) is 17.7 Å². The van der Waals surface area contributed by atoms with E-state index < -0.39 is 22.3 Å². The Balaban J connectivity index is 1.31. The Labute approximate surface area is 219 Å². The van der Waals surface area contributed by atoms with Crippen molar-refractivity contribution in [2.45, 2.75) is 44.6 Å². The molecule has 2 unspecified atom stereocenters. The van der Waals surface area contributed by atoms with Crippen LogP contribution in [-0.2, 0) is 14.4 Å². The molecule has 3 amide bonds. The van der Waals surface area contributed by atoms with E-state index >= 15 is 0 Å². The van der Waals surface area contributed by atoms with Gasteiger partial charge in [-0.25, -0.2) is 0 Å². The molecular weight excluding hydrogens is 539 g/mol. The number of nitrogens with zero attached hydrogens (tertiary/aromatic N) is 2. The molecule has 2 atom stereocenters. The Bertz CT molecular complexity index is 1070. The van der Waals surface area contributed by atoms with Crippen molar-refractivity contribution in [3.05, 3.63) is 27.2 Å². The van der Waals surface area contributed by atoms with Gasteiger partial charge in [-0.05, 0) is 73.0 Å². The van der Waals surface area contributed by atoms with Crippen molar-refractivity contribution in [3.8, 4) is 0 Å². The third-order valence-electron chi connectivity index (χ3n) is 8.02. The first-order valence-corrected chi connectivity index (χ1v) is 14.1. The largest absolute Gasteiger partial charge is 0.369 e. The molecule has 0 spiro atoms. The minimum Gasteiger partial charge on any atom is -0.369 e. The number of rotatable bonds is 5. The molecule has 4 saturated carbocycles. The number of benzene rings is 1. The summed E-state index contributed by atoms with van der Waals surface area (Å²) in [7, 11) is -3.92. The summed E-state index contributed by atoms with van der Waals surface area (Å²) in [5.41, 5.74) is 5.22. The third kappa shape index (κ3) is 4.31. The summed E-state index contributed by atoms with van der Waals surface area (Å²) < 4.78 is 24.1. The van der Waals surface area contributed by atoms with E-state index in [2.05, 4.69) is 5.32 Å². The second kappa shape index (κ2) is 8.93. The summed E-state index contributed by atoms with van der Waals surface area (Å²) in [5, 5.41) is 3.29. The van der Waals surface area contributed by atoms with Gasteiger partial charge < -0.3 is 11.1 Å². The molecule has 1 aliphatic heterocycles. The van der Waals surface area contributed by atoms with Crippen molar-refractivity contribution in [1.82, 2.24) is 9.62 Å². The van der Waals surface area contributed by atoms with Crippen molar-refractivity contribution in [3.63, 3.8) is 0 Å². The van der Waals surface area contributed by atoms with Crippen LogP contribution in [0.5, 0.6) is 0 Å². The van der Waals surface area contributed by atoms with E-state index in [0.29, 0.717) is 18.8 Å². The van der Waals surface area contributed by atoms with Gasteiger partial charge in [-0.15, -0.1) is 0 Å². The number of hydrogen-bond acceptors (Lipinski definition) is 6. The number of hydrogen-bond donors (Lipinski definition) is 4. The van der Waals surface area contributed by atoms with Crippen LogP contribution in [0.15, 0.2) is 12.1 Å². The van der Waals surface area contributed by atoms with Crippen LogP contribution in [0.4, 0.5) is 5.69 Å². The van der Waals surface area contributed by atoms with Crippen LogP contribution in [0.1, 0.15) is 38.5 Å². The molecule has 0 aromatic heterocycles. The van der Waals surface area contributed by atoms with E-state index in [-0.39, 0.29) is 70.0 Å². The molecule has 1 heterocycles. The fourth-order valence-corrected chi connectivity index (χ4v) is 9.54. The van der Waals surface area contributed by atoms with Gasteiger partial charge in [0.1, 0.15) is 5.69 Å². The molecule has 5 aliphatic rings. The molecule has 1 saturated heterocycles.